The van der Waals surface area contributed by atoms with E-state index in [2.05, 4.69) is 34.1 Å². The lowest BCUT2D eigenvalue weighted by Crippen LogP contribution is -2.25. The Bertz CT molecular complexity index is 1330. The van der Waals surface area contributed by atoms with Gasteiger partial charge in [0.15, 0.2) is 11.5 Å². The first-order valence-electron chi connectivity index (χ1n) is 11.0. The maximum atomic E-state index is 12.8. The molecule has 4 heterocycles. The Kier molecular flexibility index (Phi) is 4.92. The molecule has 2 aromatic carbocycles. The van der Waals surface area contributed by atoms with Crippen molar-refractivity contribution >= 4 is 21.6 Å². The first kappa shape index (κ1) is 19.5. The summed E-state index contributed by atoms with van der Waals surface area (Å²) in [7, 11) is 0. The Morgan fingerprint density at radius 1 is 1.06 bits per heavy atom. The second-order valence-corrected chi connectivity index (χ2v) is 9.27. The average Bonchev–Trinajstić information content (AvgIpc) is 3.47. The average molecular weight is 446 g/mol. The number of fused-ring (bicyclic) bond motifs is 2. The minimum Gasteiger partial charge on any atom is -0.486 e. The van der Waals surface area contributed by atoms with Crippen molar-refractivity contribution in [2.75, 3.05) is 19.8 Å². The van der Waals surface area contributed by atoms with Crippen molar-refractivity contribution in [2.24, 2.45) is 0 Å². The van der Waals surface area contributed by atoms with Gasteiger partial charge in [-0.25, -0.2) is 4.98 Å². The van der Waals surface area contributed by atoms with Gasteiger partial charge < -0.3 is 14.5 Å². The molecule has 0 aliphatic carbocycles. The molecular formula is C25H23N3O3S. The Balaban J connectivity index is 1.28. The number of hydrogen-bond donors (Lipinski definition) is 1. The molecule has 6 rings (SSSR count). The molecule has 2 aliphatic rings. The van der Waals surface area contributed by atoms with Crippen molar-refractivity contribution in [3.63, 3.8) is 0 Å². The van der Waals surface area contributed by atoms with Crippen LogP contribution in [0.25, 0.3) is 20.7 Å². The van der Waals surface area contributed by atoms with Crippen LogP contribution in [0.1, 0.15) is 30.3 Å². The number of aromatic amines is 1. The topological polar surface area (TPSA) is 67.5 Å². The summed E-state index contributed by atoms with van der Waals surface area (Å²) >= 11 is 1.57. The Morgan fingerprint density at radius 3 is 2.78 bits per heavy atom. The van der Waals surface area contributed by atoms with E-state index in [1.165, 1.54) is 5.56 Å². The molecule has 1 atom stereocenters. The van der Waals surface area contributed by atoms with Crippen LogP contribution in [0.5, 0.6) is 11.5 Å². The van der Waals surface area contributed by atoms with Gasteiger partial charge in [0.05, 0.1) is 11.9 Å². The predicted octanol–water partition coefficient (Wildman–Crippen LogP) is 4.76. The molecule has 1 saturated heterocycles. The van der Waals surface area contributed by atoms with E-state index < -0.39 is 0 Å². The van der Waals surface area contributed by atoms with Crippen LogP contribution in [0.2, 0.25) is 0 Å². The largest absolute Gasteiger partial charge is 0.486 e. The molecule has 1 unspecified atom stereocenters. The minimum absolute atomic E-state index is 0.0708. The van der Waals surface area contributed by atoms with E-state index >= 15 is 0 Å². The third-order valence-corrected chi connectivity index (χ3v) is 7.26. The van der Waals surface area contributed by atoms with Crippen LogP contribution in [0.15, 0.2) is 59.4 Å². The highest BCUT2D eigenvalue weighted by Gasteiger charge is 2.28. The van der Waals surface area contributed by atoms with Crippen LogP contribution in [-0.4, -0.2) is 34.6 Å². The summed E-state index contributed by atoms with van der Waals surface area (Å²) in [6.07, 6.45) is 2.19. The summed E-state index contributed by atoms with van der Waals surface area (Å²) in [6, 6.07) is 18.6. The number of nitrogens with zero attached hydrogens (tertiary/aromatic N) is 2. The summed E-state index contributed by atoms with van der Waals surface area (Å²) in [6.45, 7) is 2.77. The molecule has 0 saturated carbocycles. The molecule has 6 nitrogen and oxygen atoms in total. The van der Waals surface area contributed by atoms with E-state index in [0.717, 1.165) is 46.2 Å². The molecule has 0 spiro atoms. The van der Waals surface area contributed by atoms with Crippen LogP contribution in [-0.2, 0) is 6.54 Å². The summed E-state index contributed by atoms with van der Waals surface area (Å²) in [5.74, 6) is 2.35. The van der Waals surface area contributed by atoms with E-state index in [1.54, 1.807) is 11.3 Å². The van der Waals surface area contributed by atoms with Gasteiger partial charge in [-0.05, 0) is 48.7 Å². The lowest BCUT2D eigenvalue weighted by atomic mass is 10.0. The third kappa shape index (κ3) is 3.57. The zero-order chi connectivity index (χ0) is 21.5. The molecule has 7 heteroatoms. The van der Waals surface area contributed by atoms with Crippen LogP contribution < -0.4 is 15.0 Å². The van der Waals surface area contributed by atoms with Crippen LogP contribution >= 0.6 is 11.3 Å². The van der Waals surface area contributed by atoms with E-state index in [1.807, 2.05) is 30.3 Å². The molecule has 1 fully saturated rings. The number of likely N-dealkylation sites (tertiary alicyclic amines) is 1. The Labute approximate surface area is 189 Å². The van der Waals surface area contributed by atoms with E-state index in [-0.39, 0.29) is 11.6 Å². The van der Waals surface area contributed by atoms with Gasteiger partial charge in [-0.15, -0.1) is 11.3 Å². The van der Waals surface area contributed by atoms with E-state index in [9.17, 15) is 4.79 Å². The summed E-state index contributed by atoms with van der Waals surface area (Å²) in [5.41, 5.74) is 2.26. The van der Waals surface area contributed by atoms with Gasteiger partial charge in [0.25, 0.3) is 5.56 Å². The number of benzene rings is 2. The highest BCUT2D eigenvalue weighted by Crippen LogP contribution is 2.38. The lowest BCUT2D eigenvalue weighted by Gasteiger charge is -2.26. The Morgan fingerprint density at radius 2 is 1.91 bits per heavy atom. The van der Waals surface area contributed by atoms with Crippen molar-refractivity contribution in [2.45, 2.75) is 25.4 Å². The summed E-state index contributed by atoms with van der Waals surface area (Å²) in [4.78, 5) is 24.9. The van der Waals surface area contributed by atoms with Gasteiger partial charge in [-0.3, -0.25) is 9.69 Å². The zero-order valence-corrected chi connectivity index (χ0v) is 18.4. The minimum atomic E-state index is -0.0708. The number of thiophene rings is 1. The highest BCUT2D eigenvalue weighted by atomic mass is 32.1. The third-order valence-electron chi connectivity index (χ3n) is 6.18. The number of hydrogen-bond acceptors (Lipinski definition) is 6. The fourth-order valence-electron chi connectivity index (χ4n) is 4.65. The van der Waals surface area contributed by atoms with Crippen LogP contribution in [0, 0.1) is 0 Å². The predicted molar refractivity (Wildman–Crippen MR) is 125 cm³/mol. The van der Waals surface area contributed by atoms with E-state index in [0.29, 0.717) is 31.0 Å². The fourth-order valence-corrected chi connectivity index (χ4v) is 5.70. The molecule has 0 radical (unpaired) electrons. The fraction of sp³-hybridized carbons (Fsp3) is 0.280. The molecule has 162 valence electrons. The van der Waals surface area contributed by atoms with Crippen LogP contribution in [0.3, 0.4) is 0 Å². The van der Waals surface area contributed by atoms with Gasteiger partial charge in [0.2, 0.25) is 0 Å². The SMILES string of the molecule is O=c1[nH]c(CN2CCCC2c2ccc3c(c2)OCCO3)nc2sc(-c3ccccc3)cc12. The first-order chi connectivity index (χ1) is 15.7. The molecule has 1 N–H and O–H groups in total. The second-order valence-electron chi connectivity index (χ2n) is 8.24. The second kappa shape index (κ2) is 8.07. The van der Waals surface area contributed by atoms with Gasteiger partial charge in [0.1, 0.15) is 23.9 Å². The summed E-state index contributed by atoms with van der Waals surface area (Å²) < 4.78 is 11.4. The molecule has 32 heavy (non-hydrogen) atoms. The zero-order valence-electron chi connectivity index (χ0n) is 17.5. The lowest BCUT2D eigenvalue weighted by molar-refractivity contribution is 0.170. The molecule has 4 aromatic rings. The molecular weight excluding hydrogens is 422 g/mol. The van der Waals surface area contributed by atoms with Crippen molar-refractivity contribution in [3.05, 3.63) is 76.3 Å². The molecule has 2 aliphatic heterocycles. The van der Waals surface area contributed by atoms with Gasteiger partial charge in [-0.1, -0.05) is 36.4 Å². The smallest absolute Gasteiger partial charge is 0.259 e. The van der Waals surface area contributed by atoms with Crippen molar-refractivity contribution < 1.29 is 9.47 Å². The van der Waals surface area contributed by atoms with E-state index in [4.69, 9.17) is 14.5 Å². The van der Waals surface area contributed by atoms with Gasteiger partial charge in [-0.2, -0.15) is 0 Å². The van der Waals surface area contributed by atoms with Crippen molar-refractivity contribution in [1.82, 2.24) is 14.9 Å². The monoisotopic (exact) mass is 445 g/mol. The van der Waals surface area contributed by atoms with Crippen LogP contribution in [0.4, 0.5) is 0 Å². The molecule has 2 aromatic heterocycles. The number of rotatable bonds is 4. The standard InChI is InChI=1S/C25H23N3O3S/c29-24-18-14-22(16-5-2-1-3-6-16)32-25(18)27-23(26-24)15-28-10-4-7-19(28)17-8-9-20-21(13-17)31-12-11-30-20/h1-3,5-6,8-9,13-14,19H,4,7,10-12,15H2,(H,26,27,29). The quantitative estimate of drug-likeness (QED) is 0.491. The Hall–Kier alpha value is -3.16. The van der Waals surface area contributed by atoms with Gasteiger partial charge >= 0.3 is 0 Å². The normalized spacial score (nSPS) is 18.3. The van der Waals surface area contributed by atoms with Gasteiger partial charge in [0, 0.05) is 10.9 Å². The number of nitrogens with one attached hydrogen (secondary N) is 1. The maximum Gasteiger partial charge on any atom is 0.259 e. The van der Waals surface area contributed by atoms with Crippen molar-refractivity contribution in [1.29, 1.82) is 0 Å². The van der Waals surface area contributed by atoms with Crippen molar-refractivity contribution in [3.8, 4) is 21.9 Å². The number of ether oxygens (including phenoxy) is 2. The highest BCUT2D eigenvalue weighted by molar-refractivity contribution is 7.21. The molecule has 0 bridgehead atoms. The number of aromatic nitrogens is 2. The summed E-state index contributed by atoms with van der Waals surface area (Å²) in [5, 5.41) is 0.655. The molecule has 0 amide bonds. The number of H-pyrrole nitrogens is 1. The first-order valence-corrected chi connectivity index (χ1v) is 11.8. The maximum absolute atomic E-state index is 12.8.